The average molecular weight is 548 g/mol. The highest BCUT2D eigenvalue weighted by Gasteiger charge is 2.29. The summed E-state index contributed by atoms with van der Waals surface area (Å²) in [5.74, 6) is -2.14. The number of carbonyl (C=O) groups is 3. The predicted molar refractivity (Wildman–Crippen MR) is 137 cm³/mol. The van der Waals surface area contributed by atoms with Crippen LogP contribution in [0.15, 0.2) is 54.6 Å². The zero-order valence-corrected chi connectivity index (χ0v) is 21.1. The molecule has 1 heterocycles. The fraction of sp³-hybridized carbons (Fsp3) is 0.192. The van der Waals surface area contributed by atoms with E-state index in [-0.39, 0.29) is 40.2 Å². The predicted octanol–water partition coefficient (Wildman–Crippen LogP) is 4.98. The number of benzene rings is 3. The Hall–Kier alpha value is -3.26. The third-order valence-electron chi connectivity index (χ3n) is 5.96. The van der Waals surface area contributed by atoms with Crippen molar-refractivity contribution < 1.29 is 24.6 Å². The van der Waals surface area contributed by atoms with Gasteiger partial charge in [0.05, 0.1) is 15.6 Å². The maximum atomic E-state index is 13.1. The topological polar surface area (TPSA) is 107 Å². The van der Waals surface area contributed by atoms with Gasteiger partial charge in [-0.2, -0.15) is 0 Å². The summed E-state index contributed by atoms with van der Waals surface area (Å²) in [4.78, 5) is 39.4. The van der Waals surface area contributed by atoms with Gasteiger partial charge in [-0.1, -0.05) is 46.9 Å². The van der Waals surface area contributed by atoms with E-state index in [2.05, 4.69) is 5.32 Å². The number of nitrogens with zero attached hydrogens (tertiary/aromatic N) is 1. The number of aromatic hydroxyl groups is 1. The molecule has 3 aromatic rings. The molecule has 3 N–H and O–H groups in total. The molecule has 0 saturated carbocycles. The van der Waals surface area contributed by atoms with E-state index in [0.29, 0.717) is 40.2 Å². The van der Waals surface area contributed by atoms with Gasteiger partial charge in [-0.15, -0.1) is 0 Å². The smallest absolute Gasteiger partial charge is 0.326 e. The molecule has 1 aliphatic heterocycles. The van der Waals surface area contributed by atoms with E-state index in [0.717, 1.165) is 0 Å². The standard InChI is InChI=1S/C26H21Cl3N2O5/c27-17-6-4-15(5-7-17)25(34)31-9-8-19-16(13-31)12-20(28)22(23(19)29)24(33)30-21(26(35)36)11-14-2-1-3-18(32)10-14/h1-7,10,12,21,32H,8-9,11,13H2,(H,30,33)(H,35,36)/t21-/m0/s1. The van der Waals surface area contributed by atoms with Crippen LogP contribution in [0.2, 0.25) is 15.1 Å². The number of carboxylic acids is 1. The van der Waals surface area contributed by atoms with Gasteiger partial charge in [0, 0.05) is 30.1 Å². The summed E-state index contributed by atoms with van der Waals surface area (Å²) < 4.78 is 0. The fourth-order valence-electron chi connectivity index (χ4n) is 4.16. The van der Waals surface area contributed by atoms with Crippen molar-refractivity contribution in [2.45, 2.75) is 25.4 Å². The average Bonchev–Trinajstić information content (AvgIpc) is 2.83. The summed E-state index contributed by atoms with van der Waals surface area (Å²) in [6.07, 6.45) is 0.355. The van der Waals surface area contributed by atoms with Gasteiger partial charge in [-0.25, -0.2) is 4.79 Å². The SMILES string of the molecule is O=C(N[C@@H](Cc1cccc(O)c1)C(=O)O)c1c(Cl)cc2c(c1Cl)CCN(C(=O)c1ccc(Cl)cc1)C2. The first-order valence-electron chi connectivity index (χ1n) is 11.0. The maximum Gasteiger partial charge on any atom is 0.326 e. The molecule has 0 bridgehead atoms. The van der Waals surface area contributed by atoms with Crippen LogP contribution in [-0.4, -0.2) is 45.5 Å². The number of hydrogen-bond donors (Lipinski definition) is 3. The second-order valence-corrected chi connectivity index (χ2v) is 9.63. The van der Waals surface area contributed by atoms with Gasteiger partial charge in [0.2, 0.25) is 0 Å². The number of rotatable bonds is 6. The van der Waals surface area contributed by atoms with Crippen LogP contribution in [0.4, 0.5) is 0 Å². The Kier molecular flexibility index (Phi) is 7.73. The highest BCUT2D eigenvalue weighted by Crippen LogP contribution is 2.35. The Morgan fingerprint density at radius 3 is 2.42 bits per heavy atom. The number of carbonyl (C=O) groups excluding carboxylic acids is 2. The third kappa shape index (κ3) is 5.59. The van der Waals surface area contributed by atoms with Crippen molar-refractivity contribution in [3.8, 4) is 5.75 Å². The number of aliphatic carboxylic acids is 1. The van der Waals surface area contributed by atoms with Crippen molar-refractivity contribution >= 4 is 52.6 Å². The van der Waals surface area contributed by atoms with Gasteiger partial charge in [-0.05, 0) is 65.6 Å². The van der Waals surface area contributed by atoms with Crippen molar-refractivity contribution in [3.63, 3.8) is 0 Å². The lowest BCUT2D eigenvalue weighted by Crippen LogP contribution is -2.42. The molecule has 0 saturated heterocycles. The third-order valence-corrected chi connectivity index (χ3v) is 6.93. The van der Waals surface area contributed by atoms with Gasteiger partial charge < -0.3 is 20.4 Å². The maximum absolute atomic E-state index is 13.1. The molecule has 36 heavy (non-hydrogen) atoms. The Morgan fingerprint density at radius 1 is 1.03 bits per heavy atom. The minimum Gasteiger partial charge on any atom is -0.508 e. The number of fused-ring (bicyclic) bond motifs is 1. The van der Waals surface area contributed by atoms with Crippen LogP contribution in [0.25, 0.3) is 0 Å². The number of hydrogen-bond acceptors (Lipinski definition) is 4. The molecule has 0 aliphatic carbocycles. The van der Waals surface area contributed by atoms with Crippen LogP contribution in [-0.2, 0) is 24.2 Å². The van der Waals surface area contributed by atoms with Gasteiger partial charge >= 0.3 is 5.97 Å². The van der Waals surface area contributed by atoms with Gasteiger partial charge in [-0.3, -0.25) is 9.59 Å². The molecule has 0 unspecified atom stereocenters. The Morgan fingerprint density at radius 2 is 1.75 bits per heavy atom. The van der Waals surface area contributed by atoms with Crippen LogP contribution >= 0.6 is 34.8 Å². The number of halogens is 3. The number of amides is 2. The molecule has 0 aromatic heterocycles. The Labute approximate surface area is 222 Å². The lowest BCUT2D eigenvalue weighted by Gasteiger charge is -2.30. The van der Waals surface area contributed by atoms with Crippen LogP contribution < -0.4 is 5.32 Å². The van der Waals surface area contributed by atoms with Crippen molar-refractivity contribution in [1.82, 2.24) is 10.2 Å². The normalized spacial score (nSPS) is 13.6. The summed E-state index contributed by atoms with van der Waals surface area (Å²) in [5.41, 5.74) is 2.42. The van der Waals surface area contributed by atoms with E-state index in [1.165, 1.54) is 12.1 Å². The van der Waals surface area contributed by atoms with Crippen LogP contribution in [0.1, 0.15) is 37.4 Å². The molecule has 4 rings (SSSR count). The van der Waals surface area contributed by atoms with Crippen LogP contribution in [0, 0.1) is 0 Å². The highest BCUT2D eigenvalue weighted by atomic mass is 35.5. The van der Waals surface area contributed by atoms with Crippen molar-refractivity contribution in [3.05, 3.63) is 97.5 Å². The highest BCUT2D eigenvalue weighted by molar-refractivity contribution is 6.40. The van der Waals surface area contributed by atoms with Gasteiger partial charge in [0.1, 0.15) is 11.8 Å². The van der Waals surface area contributed by atoms with Crippen LogP contribution in [0.5, 0.6) is 5.75 Å². The quantitative estimate of drug-likeness (QED) is 0.404. The molecule has 2 amide bonds. The van der Waals surface area contributed by atoms with Crippen molar-refractivity contribution in [2.24, 2.45) is 0 Å². The van der Waals surface area contributed by atoms with E-state index < -0.39 is 17.9 Å². The Balaban J connectivity index is 1.54. The first-order chi connectivity index (χ1) is 17.1. The van der Waals surface area contributed by atoms with Crippen molar-refractivity contribution in [1.29, 1.82) is 0 Å². The summed E-state index contributed by atoms with van der Waals surface area (Å²) in [6.45, 7) is 0.638. The number of phenolic OH excluding ortho intramolecular Hbond substituents is 1. The zero-order chi connectivity index (χ0) is 26.0. The Bertz CT molecular complexity index is 1340. The number of nitrogens with one attached hydrogen (secondary N) is 1. The molecular formula is C26H21Cl3N2O5. The molecule has 0 fully saturated rings. The molecule has 1 atom stereocenters. The fourth-order valence-corrected chi connectivity index (χ4v) is 5.05. The summed E-state index contributed by atoms with van der Waals surface area (Å²) in [5, 5.41) is 22.5. The van der Waals surface area contributed by atoms with Gasteiger partial charge in [0.15, 0.2) is 0 Å². The number of carboxylic acid groups (broad SMARTS) is 1. The molecule has 1 aliphatic rings. The largest absolute Gasteiger partial charge is 0.508 e. The summed E-state index contributed by atoms with van der Waals surface area (Å²) in [6, 6.07) is 13.1. The second kappa shape index (κ2) is 10.8. The van der Waals surface area contributed by atoms with E-state index in [4.69, 9.17) is 34.8 Å². The second-order valence-electron chi connectivity index (χ2n) is 8.41. The molecule has 10 heteroatoms. The van der Waals surface area contributed by atoms with E-state index in [1.807, 2.05) is 0 Å². The van der Waals surface area contributed by atoms with Crippen molar-refractivity contribution in [2.75, 3.05) is 6.54 Å². The minimum absolute atomic E-state index is 0.00710. The van der Waals surface area contributed by atoms with E-state index in [1.54, 1.807) is 47.4 Å². The molecule has 0 radical (unpaired) electrons. The summed E-state index contributed by atoms with van der Waals surface area (Å²) in [7, 11) is 0. The first-order valence-corrected chi connectivity index (χ1v) is 12.1. The lowest BCUT2D eigenvalue weighted by atomic mass is 9.95. The summed E-state index contributed by atoms with van der Waals surface area (Å²) >= 11 is 18.9. The van der Waals surface area contributed by atoms with E-state index >= 15 is 0 Å². The number of phenols is 1. The van der Waals surface area contributed by atoms with Gasteiger partial charge in [0.25, 0.3) is 11.8 Å². The molecule has 7 nitrogen and oxygen atoms in total. The molecular weight excluding hydrogens is 527 g/mol. The zero-order valence-electron chi connectivity index (χ0n) is 18.8. The monoisotopic (exact) mass is 546 g/mol. The molecule has 3 aromatic carbocycles. The van der Waals surface area contributed by atoms with E-state index in [9.17, 15) is 24.6 Å². The first kappa shape index (κ1) is 25.8. The lowest BCUT2D eigenvalue weighted by molar-refractivity contribution is -0.139. The molecule has 186 valence electrons. The minimum atomic E-state index is -1.27. The molecule has 0 spiro atoms. The van der Waals surface area contributed by atoms with Crippen LogP contribution in [0.3, 0.4) is 0 Å².